The third-order valence-electron chi connectivity index (χ3n) is 4.27. The van der Waals surface area contributed by atoms with E-state index in [1.54, 1.807) is 0 Å². The summed E-state index contributed by atoms with van der Waals surface area (Å²) in [5.41, 5.74) is 1.20. The molecular formula is C17H32N4. The molecule has 2 rings (SSSR count). The molecule has 1 aliphatic rings. The Balaban J connectivity index is 1.71. The standard InChI is InChI=1S/C17H32N4/c1-15(2)13-18-10-12-20(3)14-16-9-11-21(19-16)17-7-5-4-6-8-17/h9,11,15,17-18H,4-8,10,12-14H2,1-3H3. The number of likely N-dealkylation sites (N-methyl/N-ethyl adjacent to an activating group) is 1. The molecule has 1 saturated carbocycles. The van der Waals surface area contributed by atoms with Crippen molar-refractivity contribution in [1.82, 2.24) is 20.0 Å². The molecule has 0 unspecified atom stereocenters. The van der Waals surface area contributed by atoms with E-state index >= 15 is 0 Å². The van der Waals surface area contributed by atoms with Crippen LogP contribution in [0.5, 0.6) is 0 Å². The van der Waals surface area contributed by atoms with Gasteiger partial charge in [0.25, 0.3) is 0 Å². The summed E-state index contributed by atoms with van der Waals surface area (Å²) >= 11 is 0. The fourth-order valence-corrected chi connectivity index (χ4v) is 3.03. The van der Waals surface area contributed by atoms with Crippen molar-refractivity contribution >= 4 is 0 Å². The van der Waals surface area contributed by atoms with E-state index in [1.807, 2.05) is 0 Å². The van der Waals surface area contributed by atoms with E-state index in [-0.39, 0.29) is 0 Å². The highest BCUT2D eigenvalue weighted by molar-refractivity contribution is 5.00. The number of hydrogen-bond donors (Lipinski definition) is 1. The molecule has 0 bridgehead atoms. The summed E-state index contributed by atoms with van der Waals surface area (Å²) in [6, 6.07) is 2.83. The first-order valence-electron chi connectivity index (χ1n) is 8.58. The van der Waals surface area contributed by atoms with Crippen LogP contribution in [0.1, 0.15) is 57.7 Å². The summed E-state index contributed by atoms with van der Waals surface area (Å²) in [6.07, 6.45) is 8.90. The lowest BCUT2D eigenvalue weighted by Gasteiger charge is -2.22. The Morgan fingerprint density at radius 3 is 2.81 bits per heavy atom. The molecule has 21 heavy (non-hydrogen) atoms. The quantitative estimate of drug-likeness (QED) is 0.748. The minimum Gasteiger partial charge on any atom is -0.315 e. The molecule has 1 fully saturated rings. The molecule has 1 heterocycles. The van der Waals surface area contributed by atoms with Gasteiger partial charge >= 0.3 is 0 Å². The molecule has 0 spiro atoms. The highest BCUT2D eigenvalue weighted by Gasteiger charge is 2.16. The third kappa shape index (κ3) is 5.79. The van der Waals surface area contributed by atoms with Gasteiger partial charge in [0.05, 0.1) is 11.7 Å². The van der Waals surface area contributed by atoms with Crippen LogP contribution in [-0.2, 0) is 6.54 Å². The van der Waals surface area contributed by atoms with Crippen molar-refractivity contribution in [2.75, 3.05) is 26.7 Å². The van der Waals surface area contributed by atoms with Crippen molar-refractivity contribution in [3.63, 3.8) is 0 Å². The first-order chi connectivity index (χ1) is 10.1. The van der Waals surface area contributed by atoms with E-state index in [0.29, 0.717) is 6.04 Å². The number of hydrogen-bond acceptors (Lipinski definition) is 3. The smallest absolute Gasteiger partial charge is 0.0764 e. The van der Waals surface area contributed by atoms with Gasteiger partial charge in [0.2, 0.25) is 0 Å². The molecular weight excluding hydrogens is 260 g/mol. The van der Waals surface area contributed by atoms with Crippen molar-refractivity contribution in [1.29, 1.82) is 0 Å². The Morgan fingerprint density at radius 2 is 2.10 bits per heavy atom. The summed E-state index contributed by atoms with van der Waals surface area (Å²) in [7, 11) is 2.18. The summed E-state index contributed by atoms with van der Waals surface area (Å²) in [5.74, 6) is 0.724. The molecule has 0 aromatic carbocycles. The molecule has 4 nitrogen and oxygen atoms in total. The van der Waals surface area contributed by atoms with Crippen LogP contribution < -0.4 is 5.32 Å². The Morgan fingerprint density at radius 1 is 1.33 bits per heavy atom. The summed E-state index contributed by atoms with van der Waals surface area (Å²) < 4.78 is 2.21. The van der Waals surface area contributed by atoms with E-state index in [2.05, 4.69) is 48.1 Å². The van der Waals surface area contributed by atoms with Gasteiger partial charge in [-0.1, -0.05) is 33.1 Å². The topological polar surface area (TPSA) is 33.1 Å². The summed E-state index contributed by atoms with van der Waals surface area (Å²) in [5, 5.41) is 8.28. The van der Waals surface area contributed by atoms with Gasteiger partial charge in [-0.2, -0.15) is 5.10 Å². The average Bonchev–Trinajstić information content (AvgIpc) is 2.93. The molecule has 1 N–H and O–H groups in total. The van der Waals surface area contributed by atoms with E-state index in [0.717, 1.165) is 32.1 Å². The number of aromatic nitrogens is 2. The number of nitrogens with zero attached hydrogens (tertiary/aromatic N) is 3. The molecule has 0 atom stereocenters. The van der Waals surface area contributed by atoms with Crippen LogP contribution in [0.4, 0.5) is 0 Å². The SMILES string of the molecule is CC(C)CNCCN(C)Cc1ccn(C2CCCCC2)n1. The van der Waals surface area contributed by atoms with Gasteiger partial charge in [-0.05, 0) is 38.4 Å². The van der Waals surface area contributed by atoms with Crippen LogP contribution in [0.15, 0.2) is 12.3 Å². The first kappa shape index (κ1) is 16.5. The van der Waals surface area contributed by atoms with Gasteiger partial charge in [0.15, 0.2) is 0 Å². The van der Waals surface area contributed by atoms with Crippen LogP contribution in [0, 0.1) is 5.92 Å². The highest BCUT2D eigenvalue weighted by Crippen LogP contribution is 2.27. The Labute approximate surface area is 129 Å². The van der Waals surface area contributed by atoms with E-state index < -0.39 is 0 Å². The van der Waals surface area contributed by atoms with Crippen molar-refractivity contribution in [2.45, 2.75) is 58.5 Å². The van der Waals surface area contributed by atoms with Gasteiger partial charge in [0.1, 0.15) is 0 Å². The molecule has 4 heteroatoms. The van der Waals surface area contributed by atoms with E-state index in [4.69, 9.17) is 5.10 Å². The lowest BCUT2D eigenvalue weighted by molar-refractivity contribution is 0.305. The molecule has 0 amide bonds. The average molecular weight is 292 g/mol. The number of nitrogens with one attached hydrogen (secondary N) is 1. The summed E-state index contributed by atoms with van der Waals surface area (Å²) in [6.45, 7) is 8.66. The molecule has 1 aromatic heterocycles. The van der Waals surface area contributed by atoms with Gasteiger partial charge < -0.3 is 5.32 Å². The first-order valence-corrected chi connectivity index (χ1v) is 8.58. The fraction of sp³-hybridized carbons (Fsp3) is 0.824. The van der Waals surface area contributed by atoms with Crippen LogP contribution in [0.2, 0.25) is 0 Å². The van der Waals surface area contributed by atoms with E-state index in [1.165, 1.54) is 37.8 Å². The third-order valence-corrected chi connectivity index (χ3v) is 4.27. The zero-order valence-electron chi connectivity index (χ0n) is 14.0. The lowest BCUT2D eigenvalue weighted by atomic mass is 9.96. The predicted molar refractivity (Wildman–Crippen MR) is 88.4 cm³/mol. The number of rotatable bonds is 8. The highest BCUT2D eigenvalue weighted by atomic mass is 15.3. The van der Waals surface area contributed by atoms with Crippen molar-refractivity contribution in [3.05, 3.63) is 18.0 Å². The van der Waals surface area contributed by atoms with Crippen LogP contribution in [-0.4, -0.2) is 41.4 Å². The largest absolute Gasteiger partial charge is 0.315 e. The lowest BCUT2D eigenvalue weighted by Crippen LogP contribution is -2.31. The minimum absolute atomic E-state index is 0.644. The van der Waals surface area contributed by atoms with Crippen molar-refractivity contribution in [2.24, 2.45) is 5.92 Å². The predicted octanol–water partition coefficient (Wildman–Crippen LogP) is 3.07. The zero-order valence-corrected chi connectivity index (χ0v) is 14.0. The molecule has 120 valence electrons. The van der Waals surface area contributed by atoms with Gasteiger partial charge in [-0.3, -0.25) is 9.58 Å². The second-order valence-electron chi connectivity index (χ2n) is 6.91. The van der Waals surface area contributed by atoms with Crippen LogP contribution >= 0.6 is 0 Å². The van der Waals surface area contributed by atoms with Crippen molar-refractivity contribution in [3.8, 4) is 0 Å². The fourth-order valence-electron chi connectivity index (χ4n) is 3.03. The summed E-state index contributed by atoms with van der Waals surface area (Å²) in [4.78, 5) is 2.35. The monoisotopic (exact) mass is 292 g/mol. The van der Waals surface area contributed by atoms with E-state index in [9.17, 15) is 0 Å². The van der Waals surface area contributed by atoms with Gasteiger partial charge in [-0.25, -0.2) is 0 Å². The van der Waals surface area contributed by atoms with Crippen molar-refractivity contribution < 1.29 is 0 Å². The maximum atomic E-state index is 4.78. The Bertz CT molecular complexity index is 393. The Hall–Kier alpha value is -0.870. The Kier molecular flexibility index (Phi) is 6.71. The normalized spacial score (nSPS) is 17.0. The maximum absolute atomic E-state index is 4.78. The van der Waals surface area contributed by atoms with Crippen LogP contribution in [0.3, 0.4) is 0 Å². The zero-order chi connectivity index (χ0) is 15.1. The van der Waals surface area contributed by atoms with Gasteiger partial charge in [0, 0.05) is 25.8 Å². The molecule has 1 aromatic rings. The molecule has 0 saturated heterocycles. The molecule has 1 aliphatic carbocycles. The second kappa shape index (κ2) is 8.54. The van der Waals surface area contributed by atoms with Gasteiger partial charge in [-0.15, -0.1) is 0 Å². The molecule has 0 radical (unpaired) electrons. The minimum atomic E-state index is 0.644. The second-order valence-corrected chi connectivity index (χ2v) is 6.91. The molecule has 0 aliphatic heterocycles. The maximum Gasteiger partial charge on any atom is 0.0764 e. The van der Waals surface area contributed by atoms with Crippen LogP contribution in [0.25, 0.3) is 0 Å².